The maximum atomic E-state index is 12.3. The van der Waals surface area contributed by atoms with Gasteiger partial charge in [-0.15, -0.1) is 0 Å². The Balaban J connectivity index is 1.64. The van der Waals surface area contributed by atoms with Crippen LogP contribution < -0.4 is 5.32 Å². The Bertz CT molecular complexity index is 600. The van der Waals surface area contributed by atoms with Crippen LogP contribution in [0, 0.1) is 34.5 Å². The Labute approximate surface area is 144 Å². The molecule has 0 bridgehead atoms. The summed E-state index contributed by atoms with van der Waals surface area (Å²) in [6.45, 7) is 4.66. The van der Waals surface area contributed by atoms with Gasteiger partial charge < -0.3 is 10.1 Å². The molecule has 1 heterocycles. The fourth-order valence-corrected chi connectivity index (χ4v) is 6.86. The first-order valence-electron chi connectivity index (χ1n) is 9.47. The first-order valence-corrected chi connectivity index (χ1v) is 9.47. The van der Waals surface area contributed by atoms with Crippen molar-refractivity contribution < 1.29 is 14.3 Å². The third kappa shape index (κ3) is 2.04. The molecule has 4 aliphatic rings. The predicted octanol–water partition coefficient (Wildman–Crippen LogP) is 3.07. The summed E-state index contributed by atoms with van der Waals surface area (Å²) in [6, 6.07) is 0.276. The monoisotopic (exact) mass is 331 g/mol. The molecule has 0 aromatic heterocycles. The van der Waals surface area contributed by atoms with Crippen molar-refractivity contribution in [2.75, 3.05) is 7.11 Å². The van der Waals surface area contributed by atoms with Crippen molar-refractivity contribution in [2.45, 2.75) is 58.4 Å². The molecule has 1 N–H and O–H groups in total. The zero-order valence-electron chi connectivity index (χ0n) is 15.0. The van der Waals surface area contributed by atoms with Crippen molar-refractivity contribution in [3.8, 4) is 0 Å². The maximum absolute atomic E-state index is 12.3. The first-order chi connectivity index (χ1) is 11.4. The molecular formula is C20H29NO3. The number of ether oxygens (including phenoxy) is 1. The molecule has 7 atom stereocenters. The van der Waals surface area contributed by atoms with Crippen LogP contribution in [-0.2, 0) is 14.3 Å². The molecular weight excluding hydrogens is 302 g/mol. The molecule has 3 aliphatic carbocycles. The van der Waals surface area contributed by atoms with Crippen molar-refractivity contribution in [2.24, 2.45) is 34.5 Å². The molecule has 3 fully saturated rings. The van der Waals surface area contributed by atoms with Gasteiger partial charge in [-0.2, -0.15) is 0 Å². The molecule has 3 saturated carbocycles. The lowest BCUT2D eigenvalue weighted by atomic mass is 9.48. The standard InChI is InChI=1S/C20H29NO3/c1-19-10-8-14-12(13(19)5-6-15(19)18(23)24-3)4-7-16-20(14,2)11-9-17(22)21-16/h9,11-16H,4-8,10H2,1-3H3,(H,21,22)/t12-,13-,14+,15?,16?,19-,20+/m0/s1. The molecule has 2 unspecified atom stereocenters. The third-order valence-electron chi connectivity index (χ3n) is 8.17. The van der Waals surface area contributed by atoms with Gasteiger partial charge in [0.05, 0.1) is 13.0 Å². The van der Waals surface area contributed by atoms with Gasteiger partial charge in [0.2, 0.25) is 5.91 Å². The van der Waals surface area contributed by atoms with Crippen molar-refractivity contribution in [3.63, 3.8) is 0 Å². The Morgan fingerprint density at radius 3 is 2.71 bits per heavy atom. The van der Waals surface area contributed by atoms with E-state index in [1.807, 2.05) is 0 Å². The van der Waals surface area contributed by atoms with Gasteiger partial charge in [0, 0.05) is 11.5 Å². The molecule has 24 heavy (non-hydrogen) atoms. The molecule has 4 heteroatoms. The fraction of sp³-hybridized carbons (Fsp3) is 0.800. The average Bonchev–Trinajstić information content (AvgIpc) is 2.92. The molecule has 1 amide bonds. The smallest absolute Gasteiger partial charge is 0.309 e. The number of esters is 1. The van der Waals surface area contributed by atoms with Crippen LogP contribution in [0.5, 0.6) is 0 Å². The van der Waals surface area contributed by atoms with Gasteiger partial charge in [-0.25, -0.2) is 0 Å². The summed E-state index contributed by atoms with van der Waals surface area (Å²) in [7, 11) is 1.52. The zero-order valence-corrected chi connectivity index (χ0v) is 15.0. The van der Waals surface area contributed by atoms with E-state index in [1.54, 1.807) is 6.08 Å². The van der Waals surface area contributed by atoms with Gasteiger partial charge in [0.25, 0.3) is 0 Å². The highest BCUT2D eigenvalue weighted by Crippen LogP contribution is 2.65. The Hall–Kier alpha value is -1.32. The van der Waals surface area contributed by atoms with Crippen molar-refractivity contribution >= 4 is 11.9 Å². The van der Waals surface area contributed by atoms with Gasteiger partial charge >= 0.3 is 5.97 Å². The average molecular weight is 331 g/mol. The van der Waals surface area contributed by atoms with E-state index in [4.69, 9.17) is 4.74 Å². The number of carbonyl (C=O) groups is 2. The van der Waals surface area contributed by atoms with Crippen molar-refractivity contribution in [3.05, 3.63) is 12.2 Å². The summed E-state index contributed by atoms with van der Waals surface area (Å²) in [4.78, 5) is 24.0. The van der Waals surface area contributed by atoms with E-state index in [9.17, 15) is 9.59 Å². The summed E-state index contributed by atoms with van der Waals surface area (Å²) in [5, 5.41) is 3.20. The van der Waals surface area contributed by atoms with E-state index in [0.29, 0.717) is 17.8 Å². The van der Waals surface area contributed by atoms with E-state index in [2.05, 4.69) is 25.2 Å². The first kappa shape index (κ1) is 16.2. The second-order valence-electron chi connectivity index (χ2n) is 8.91. The summed E-state index contributed by atoms with van der Waals surface area (Å²) >= 11 is 0. The minimum Gasteiger partial charge on any atom is -0.469 e. The molecule has 4 rings (SSSR count). The minimum atomic E-state index is -0.0110. The Morgan fingerprint density at radius 2 is 1.96 bits per heavy atom. The van der Waals surface area contributed by atoms with Gasteiger partial charge in [0.15, 0.2) is 0 Å². The second kappa shape index (κ2) is 5.34. The summed E-state index contributed by atoms with van der Waals surface area (Å²) in [6.07, 6.45) is 10.5. The van der Waals surface area contributed by atoms with E-state index in [-0.39, 0.29) is 34.7 Å². The quantitative estimate of drug-likeness (QED) is 0.751. The van der Waals surface area contributed by atoms with E-state index in [1.165, 1.54) is 13.5 Å². The zero-order chi connectivity index (χ0) is 17.1. The highest BCUT2D eigenvalue weighted by Gasteiger charge is 2.61. The Morgan fingerprint density at radius 1 is 1.17 bits per heavy atom. The Kier molecular flexibility index (Phi) is 3.59. The summed E-state index contributed by atoms with van der Waals surface area (Å²) in [5.74, 6) is 2.01. The number of nitrogens with one attached hydrogen (secondary N) is 1. The van der Waals surface area contributed by atoms with Gasteiger partial charge in [-0.1, -0.05) is 19.9 Å². The second-order valence-corrected chi connectivity index (χ2v) is 8.91. The van der Waals surface area contributed by atoms with E-state index >= 15 is 0 Å². The van der Waals surface area contributed by atoms with E-state index in [0.717, 1.165) is 32.1 Å². The maximum Gasteiger partial charge on any atom is 0.309 e. The van der Waals surface area contributed by atoms with Crippen LogP contribution in [0.4, 0.5) is 0 Å². The van der Waals surface area contributed by atoms with Crippen LogP contribution in [0.1, 0.15) is 52.4 Å². The molecule has 0 radical (unpaired) electrons. The highest BCUT2D eigenvalue weighted by molar-refractivity contribution is 5.89. The summed E-state index contributed by atoms with van der Waals surface area (Å²) in [5.41, 5.74) is 0.167. The third-order valence-corrected chi connectivity index (χ3v) is 8.17. The van der Waals surface area contributed by atoms with Crippen LogP contribution >= 0.6 is 0 Å². The number of rotatable bonds is 1. The molecule has 1 aliphatic heterocycles. The predicted molar refractivity (Wildman–Crippen MR) is 91.0 cm³/mol. The van der Waals surface area contributed by atoms with Crippen molar-refractivity contribution in [1.82, 2.24) is 5.32 Å². The number of hydrogen-bond acceptors (Lipinski definition) is 3. The van der Waals surface area contributed by atoms with Crippen LogP contribution in [0.3, 0.4) is 0 Å². The summed E-state index contributed by atoms with van der Waals surface area (Å²) < 4.78 is 5.10. The minimum absolute atomic E-state index is 0.0110. The van der Waals surface area contributed by atoms with E-state index < -0.39 is 0 Å². The molecule has 0 saturated heterocycles. The number of fused-ring (bicyclic) bond motifs is 5. The van der Waals surface area contributed by atoms with Gasteiger partial charge in [-0.3, -0.25) is 9.59 Å². The molecule has 0 aromatic carbocycles. The topological polar surface area (TPSA) is 55.4 Å². The lowest BCUT2D eigenvalue weighted by Crippen LogP contribution is -2.59. The lowest BCUT2D eigenvalue weighted by molar-refractivity contribution is -0.153. The van der Waals surface area contributed by atoms with Crippen LogP contribution in [0.15, 0.2) is 12.2 Å². The number of carbonyl (C=O) groups excluding carboxylic acids is 2. The number of amides is 1. The van der Waals surface area contributed by atoms with Crippen LogP contribution in [0.2, 0.25) is 0 Å². The normalized spacial score (nSPS) is 49.6. The molecule has 0 spiro atoms. The number of hydrogen-bond donors (Lipinski definition) is 1. The van der Waals surface area contributed by atoms with Gasteiger partial charge in [-0.05, 0) is 67.8 Å². The van der Waals surface area contributed by atoms with Gasteiger partial charge in [0.1, 0.15) is 0 Å². The molecule has 0 aromatic rings. The molecule has 132 valence electrons. The fourth-order valence-electron chi connectivity index (χ4n) is 6.86. The SMILES string of the molecule is COC(=O)C1CC[C@H]2[C@@H]3CCC4NC(=O)C=C[C@]4(C)[C@@H]3CC[C@]12C. The van der Waals surface area contributed by atoms with Crippen LogP contribution in [0.25, 0.3) is 0 Å². The highest BCUT2D eigenvalue weighted by atomic mass is 16.5. The molecule has 4 nitrogen and oxygen atoms in total. The number of methoxy groups -OCH3 is 1. The van der Waals surface area contributed by atoms with Crippen molar-refractivity contribution in [1.29, 1.82) is 0 Å². The largest absolute Gasteiger partial charge is 0.469 e. The van der Waals surface area contributed by atoms with Crippen LogP contribution in [-0.4, -0.2) is 25.0 Å². The lowest BCUT2D eigenvalue weighted by Gasteiger charge is -2.58.